The number of carbonyl (C=O) groups is 2. The molecule has 10 heteroatoms. The lowest BCUT2D eigenvalue weighted by atomic mass is 10.1. The molecule has 0 aliphatic carbocycles. The Morgan fingerprint density at radius 1 is 1.03 bits per heavy atom. The second-order valence-electron chi connectivity index (χ2n) is 7.28. The Morgan fingerprint density at radius 3 is 2.38 bits per heavy atom. The number of aromatic hydroxyl groups is 1. The van der Waals surface area contributed by atoms with E-state index in [1.54, 1.807) is 11.4 Å². The van der Waals surface area contributed by atoms with Crippen LogP contribution in [0.5, 0.6) is 5.75 Å². The lowest BCUT2D eigenvalue weighted by Crippen LogP contribution is -2.32. The fourth-order valence-electron chi connectivity index (χ4n) is 3.34. The predicted molar refractivity (Wildman–Crippen MR) is 128 cm³/mol. The van der Waals surface area contributed by atoms with E-state index in [9.17, 15) is 24.6 Å². The molecule has 0 aliphatic heterocycles. The molecule has 2 aromatic carbocycles. The summed E-state index contributed by atoms with van der Waals surface area (Å²) in [5.41, 5.74) is 0.370. The number of rotatable bonds is 8. The molecular formula is C24H20N4O5S. The van der Waals surface area contributed by atoms with Crippen molar-refractivity contribution in [3.63, 3.8) is 0 Å². The van der Waals surface area contributed by atoms with Crippen molar-refractivity contribution in [3.8, 4) is 16.5 Å². The van der Waals surface area contributed by atoms with Gasteiger partial charge in [-0.3, -0.25) is 14.9 Å². The molecule has 2 aromatic heterocycles. The summed E-state index contributed by atoms with van der Waals surface area (Å²) in [6.07, 6.45) is 0. The maximum Gasteiger partial charge on any atom is 0.358 e. The first-order valence-electron chi connectivity index (χ1n) is 10.2. The molecule has 0 bridgehead atoms. The van der Waals surface area contributed by atoms with E-state index in [1.165, 1.54) is 0 Å². The van der Waals surface area contributed by atoms with Crippen LogP contribution in [-0.2, 0) is 11.3 Å². The van der Waals surface area contributed by atoms with Crippen LogP contribution in [0.25, 0.3) is 10.7 Å². The number of aromatic amines is 1. The Labute approximate surface area is 197 Å². The van der Waals surface area contributed by atoms with E-state index in [2.05, 4.69) is 20.6 Å². The summed E-state index contributed by atoms with van der Waals surface area (Å²) in [4.78, 5) is 43.2. The molecule has 0 saturated heterocycles. The summed E-state index contributed by atoms with van der Waals surface area (Å²) >= 11 is 1.16. The number of aromatic nitrogens is 2. The van der Waals surface area contributed by atoms with Crippen molar-refractivity contribution >= 4 is 28.9 Å². The van der Waals surface area contributed by atoms with E-state index in [1.807, 2.05) is 60.7 Å². The van der Waals surface area contributed by atoms with Crippen LogP contribution < -0.4 is 16.2 Å². The Balaban J connectivity index is 1.62. The first-order valence-corrected chi connectivity index (χ1v) is 11.1. The largest absolute Gasteiger partial charge is 0.501 e. The number of hydrogen-bond acceptors (Lipinski definition) is 7. The molecule has 0 spiro atoms. The summed E-state index contributed by atoms with van der Waals surface area (Å²) in [6, 6.07) is 19.8. The minimum absolute atomic E-state index is 0.0704. The number of anilines is 1. The highest BCUT2D eigenvalue weighted by molar-refractivity contribution is 7.14. The molecule has 0 radical (unpaired) electrons. The third kappa shape index (κ3) is 5.03. The van der Waals surface area contributed by atoms with Gasteiger partial charge >= 0.3 is 5.97 Å². The number of nitrogens with one attached hydrogen (secondary N) is 3. The first kappa shape index (κ1) is 22.9. The molecular weight excluding hydrogens is 456 g/mol. The average Bonchev–Trinajstić information content (AvgIpc) is 3.30. The van der Waals surface area contributed by atoms with Gasteiger partial charge in [0.05, 0.1) is 10.6 Å². The Hall–Kier alpha value is -4.28. The van der Waals surface area contributed by atoms with Crippen molar-refractivity contribution in [2.75, 3.05) is 5.32 Å². The van der Waals surface area contributed by atoms with Gasteiger partial charge in [-0.2, -0.15) is 0 Å². The molecule has 0 aliphatic rings. The van der Waals surface area contributed by atoms with Crippen molar-refractivity contribution in [2.24, 2.45) is 0 Å². The van der Waals surface area contributed by atoms with E-state index in [0.717, 1.165) is 22.5 Å². The second kappa shape index (κ2) is 10.1. The summed E-state index contributed by atoms with van der Waals surface area (Å²) in [5, 5.41) is 26.7. The van der Waals surface area contributed by atoms with E-state index in [4.69, 9.17) is 0 Å². The number of thiophene rings is 1. The Morgan fingerprint density at radius 2 is 1.71 bits per heavy atom. The highest BCUT2D eigenvalue weighted by atomic mass is 32.1. The third-order valence-electron chi connectivity index (χ3n) is 4.98. The average molecular weight is 477 g/mol. The first-order chi connectivity index (χ1) is 16.4. The highest BCUT2D eigenvalue weighted by Gasteiger charge is 2.24. The van der Waals surface area contributed by atoms with Crippen molar-refractivity contribution < 1.29 is 19.8 Å². The van der Waals surface area contributed by atoms with Gasteiger partial charge in [0.1, 0.15) is 6.04 Å². The number of hydrogen-bond donors (Lipinski definition) is 5. The van der Waals surface area contributed by atoms with Crippen LogP contribution in [0.2, 0.25) is 0 Å². The number of nitrogens with zero attached hydrogens (tertiary/aromatic N) is 1. The van der Waals surface area contributed by atoms with Crippen LogP contribution in [0.3, 0.4) is 0 Å². The minimum Gasteiger partial charge on any atom is -0.501 e. The zero-order chi connectivity index (χ0) is 24.1. The summed E-state index contributed by atoms with van der Waals surface area (Å²) in [5.74, 6) is -2.94. The monoisotopic (exact) mass is 476 g/mol. The summed E-state index contributed by atoms with van der Waals surface area (Å²) in [7, 11) is 0. The number of carbonyl (C=O) groups excluding carboxylic acids is 1. The Bertz CT molecular complexity index is 1370. The number of H-pyrrole nitrogens is 1. The van der Waals surface area contributed by atoms with E-state index in [-0.39, 0.29) is 11.7 Å². The SMILES string of the molecule is O=C(O)c1nc(-c2sccc2NC(=O)C(NCc2ccccc2)c2ccccc2)[nH]c(=O)c1O. The molecule has 1 unspecified atom stereocenters. The smallest absolute Gasteiger partial charge is 0.358 e. The Kier molecular flexibility index (Phi) is 6.81. The van der Waals surface area contributed by atoms with Gasteiger partial charge in [-0.1, -0.05) is 60.7 Å². The fourth-order valence-corrected chi connectivity index (χ4v) is 4.14. The van der Waals surface area contributed by atoms with Crippen LogP contribution >= 0.6 is 11.3 Å². The number of benzene rings is 2. The van der Waals surface area contributed by atoms with Crippen LogP contribution in [0.15, 0.2) is 76.9 Å². The number of aromatic carboxylic acids is 1. The van der Waals surface area contributed by atoms with Gasteiger partial charge < -0.3 is 20.5 Å². The maximum atomic E-state index is 13.3. The predicted octanol–water partition coefficient (Wildman–Crippen LogP) is 3.37. The highest BCUT2D eigenvalue weighted by Crippen LogP contribution is 2.32. The molecule has 1 amide bonds. The molecule has 172 valence electrons. The van der Waals surface area contributed by atoms with Gasteiger partial charge in [-0.25, -0.2) is 9.78 Å². The normalized spacial score (nSPS) is 11.6. The number of carboxylic acid groups (broad SMARTS) is 1. The van der Waals surface area contributed by atoms with E-state index < -0.39 is 29.0 Å². The van der Waals surface area contributed by atoms with Crippen LogP contribution in [-0.4, -0.2) is 32.1 Å². The molecule has 2 heterocycles. The van der Waals surface area contributed by atoms with E-state index >= 15 is 0 Å². The fraction of sp³-hybridized carbons (Fsp3) is 0.0833. The molecule has 4 aromatic rings. The third-order valence-corrected chi connectivity index (χ3v) is 5.91. The maximum absolute atomic E-state index is 13.3. The lowest BCUT2D eigenvalue weighted by Gasteiger charge is -2.19. The molecule has 5 N–H and O–H groups in total. The molecule has 4 rings (SSSR count). The lowest BCUT2D eigenvalue weighted by molar-refractivity contribution is -0.118. The number of amides is 1. The van der Waals surface area contributed by atoms with E-state index in [0.29, 0.717) is 17.1 Å². The van der Waals surface area contributed by atoms with Crippen molar-refractivity contribution in [1.82, 2.24) is 15.3 Å². The second-order valence-corrected chi connectivity index (χ2v) is 8.20. The molecule has 1 atom stereocenters. The standard InChI is InChI=1S/C24H20N4O5S/c29-19-18(24(32)33)27-21(28-23(19)31)20-16(11-12-34-20)26-22(30)17(15-9-5-2-6-10-15)25-13-14-7-3-1-4-8-14/h1-12,17,25,29H,13H2,(H,26,30)(H,32,33)(H,27,28,31). The van der Waals surface area contributed by atoms with Gasteiger partial charge in [-0.05, 0) is 22.6 Å². The molecule has 0 saturated carbocycles. The minimum atomic E-state index is -1.54. The van der Waals surface area contributed by atoms with Gasteiger partial charge in [0.2, 0.25) is 11.7 Å². The van der Waals surface area contributed by atoms with Crippen molar-refractivity contribution in [1.29, 1.82) is 0 Å². The molecule has 0 fully saturated rings. The topological polar surface area (TPSA) is 144 Å². The van der Waals surface area contributed by atoms with Crippen LogP contribution in [0.4, 0.5) is 5.69 Å². The zero-order valence-electron chi connectivity index (χ0n) is 17.7. The molecule has 9 nitrogen and oxygen atoms in total. The number of carboxylic acids is 1. The van der Waals surface area contributed by atoms with Gasteiger partial charge in [0.25, 0.3) is 5.56 Å². The van der Waals surface area contributed by atoms with Crippen molar-refractivity contribution in [3.05, 3.63) is 99.3 Å². The van der Waals surface area contributed by atoms with Gasteiger partial charge in [0.15, 0.2) is 11.5 Å². The zero-order valence-corrected chi connectivity index (χ0v) is 18.5. The van der Waals surface area contributed by atoms with Crippen LogP contribution in [0, 0.1) is 0 Å². The quantitative estimate of drug-likeness (QED) is 0.262. The van der Waals surface area contributed by atoms with Crippen LogP contribution in [0.1, 0.15) is 27.7 Å². The van der Waals surface area contributed by atoms with Gasteiger partial charge in [0, 0.05) is 6.54 Å². The van der Waals surface area contributed by atoms with Crippen molar-refractivity contribution in [2.45, 2.75) is 12.6 Å². The molecule has 34 heavy (non-hydrogen) atoms. The summed E-state index contributed by atoms with van der Waals surface area (Å²) < 4.78 is 0. The summed E-state index contributed by atoms with van der Waals surface area (Å²) in [6.45, 7) is 0.457. The van der Waals surface area contributed by atoms with Gasteiger partial charge in [-0.15, -0.1) is 11.3 Å².